The average molecular weight is 418 g/mol. The molecular formula is C17H14N4O5S2. The van der Waals surface area contributed by atoms with Gasteiger partial charge in [0.15, 0.2) is 5.01 Å². The molecule has 2 N–H and O–H groups in total. The lowest BCUT2D eigenvalue weighted by molar-refractivity contribution is 0.0753. The summed E-state index contributed by atoms with van der Waals surface area (Å²) >= 11 is 2.39. The number of thiazole rings is 1. The van der Waals surface area contributed by atoms with Crippen LogP contribution >= 0.6 is 22.7 Å². The minimum Gasteiger partial charge on any atom is -0.443 e. The standard InChI is InChI=1S/C17H14N4O5S2/c22-13(21-17(24)26-9-2-5-25-8-9)10-3-6-27-15(10)20-14(23)16-19-11-7-18-4-1-12(11)28-16/h1,3-4,6-7,9H,2,5,8H2,(H,20,23)(H,21,22,24). The molecule has 0 spiro atoms. The van der Waals surface area contributed by atoms with Crippen LogP contribution in [0.25, 0.3) is 10.2 Å². The highest BCUT2D eigenvalue weighted by molar-refractivity contribution is 7.20. The SMILES string of the molecule is O=C(NC(=O)c1ccsc1NC(=O)c1nc2cnccc2s1)OC1CCOC1. The zero-order valence-corrected chi connectivity index (χ0v) is 16.0. The Balaban J connectivity index is 1.42. The van der Waals surface area contributed by atoms with E-state index in [4.69, 9.17) is 9.47 Å². The van der Waals surface area contributed by atoms with Crippen LogP contribution in [0.1, 0.15) is 26.6 Å². The Morgan fingerprint density at radius 2 is 2.14 bits per heavy atom. The van der Waals surface area contributed by atoms with Gasteiger partial charge in [-0.3, -0.25) is 19.9 Å². The normalized spacial score (nSPS) is 16.1. The lowest BCUT2D eigenvalue weighted by atomic mass is 10.3. The highest BCUT2D eigenvalue weighted by atomic mass is 32.1. The van der Waals surface area contributed by atoms with Gasteiger partial charge >= 0.3 is 6.09 Å². The third-order valence-electron chi connectivity index (χ3n) is 3.90. The minimum atomic E-state index is -0.845. The number of carbonyl (C=O) groups is 3. The summed E-state index contributed by atoms with van der Waals surface area (Å²) < 4.78 is 11.1. The molecule has 0 radical (unpaired) electrons. The van der Waals surface area contributed by atoms with E-state index in [1.807, 2.05) is 0 Å². The number of aromatic nitrogens is 2. The van der Waals surface area contributed by atoms with Crippen molar-refractivity contribution in [1.82, 2.24) is 15.3 Å². The fraction of sp³-hybridized carbons (Fsp3) is 0.235. The molecule has 4 heterocycles. The Kier molecular flexibility index (Phi) is 5.28. The second kappa shape index (κ2) is 8.00. The van der Waals surface area contributed by atoms with Crippen LogP contribution in [-0.2, 0) is 9.47 Å². The van der Waals surface area contributed by atoms with Gasteiger partial charge < -0.3 is 14.8 Å². The molecule has 0 bridgehead atoms. The molecule has 1 unspecified atom stereocenters. The number of hydrogen-bond acceptors (Lipinski definition) is 9. The van der Waals surface area contributed by atoms with Crippen LogP contribution in [0.5, 0.6) is 0 Å². The first-order chi connectivity index (χ1) is 13.6. The molecule has 0 aliphatic carbocycles. The van der Waals surface area contributed by atoms with E-state index in [2.05, 4.69) is 20.6 Å². The molecule has 1 saturated heterocycles. The number of nitrogens with zero attached hydrogens (tertiary/aromatic N) is 2. The van der Waals surface area contributed by atoms with Gasteiger partial charge in [0.25, 0.3) is 11.8 Å². The lowest BCUT2D eigenvalue weighted by Crippen LogP contribution is -2.34. The second-order valence-corrected chi connectivity index (χ2v) is 7.77. The van der Waals surface area contributed by atoms with Gasteiger partial charge in [-0.1, -0.05) is 0 Å². The first kappa shape index (κ1) is 18.5. The van der Waals surface area contributed by atoms with Gasteiger partial charge in [-0.15, -0.1) is 22.7 Å². The molecule has 0 aromatic carbocycles. The number of ether oxygens (including phenoxy) is 2. The molecule has 1 fully saturated rings. The smallest absolute Gasteiger partial charge is 0.414 e. The predicted octanol–water partition coefficient (Wildman–Crippen LogP) is 2.66. The Labute approximate surface area is 166 Å². The fourth-order valence-corrected chi connectivity index (χ4v) is 4.17. The van der Waals surface area contributed by atoms with Crippen molar-refractivity contribution in [3.63, 3.8) is 0 Å². The van der Waals surface area contributed by atoms with Crippen molar-refractivity contribution in [3.05, 3.63) is 40.5 Å². The van der Waals surface area contributed by atoms with Gasteiger partial charge in [-0.2, -0.15) is 0 Å². The highest BCUT2D eigenvalue weighted by Crippen LogP contribution is 2.26. The number of thiophene rings is 1. The fourth-order valence-electron chi connectivity index (χ4n) is 2.57. The Morgan fingerprint density at radius 3 is 2.93 bits per heavy atom. The van der Waals surface area contributed by atoms with E-state index in [1.165, 1.54) is 28.7 Å². The number of carbonyl (C=O) groups excluding carboxylic acids is 3. The Morgan fingerprint density at radius 1 is 1.25 bits per heavy atom. The second-order valence-electron chi connectivity index (χ2n) is 5.82. The summed E-state index contributed by atoms with van der Waals surface area (Å²) in [7, 11) is 0. The number of nitrogens with one attached hydrogen (secondary N) is 2. The largest absolute Gasteiger partial charge is 0.443 e. The molecule has 3 aromatic heterocycles. The van der Waals surface area contributed by atoms with Gasteiger partial charge in [-0.05, 0) is 17.5 Å². The molecule has 28 heavy (non-hydrogen) atoms. The van der Waals surface area contributed by atoms with Gasteiger partial charge in [0.05, 0.1) is 29.7 Å². The minimum absolute atomic E-state index is 0.167. The average Bonchev–Trinajstić information content (AvgIpc) is 3.41. The summed E-state index contributed by atoms with van der Waals surface area (Å²) in [5.41, 5.74) is 0.793. The predicted molar refractivity (Wildman–Crippen MR) is 103 cm³/mol. The van der Waals surface area contributed by atoms with Crippen LogP contribution in [0.3, 0.4) is 0 Å². The zero-order chi connectivity index (χ0) is 19.5. The van der Waals surface area contributed by atoms with Crippen molar-refractivity contribution >= 4 is 55.8 Å². The maximum Gasteiger partial charge on any atom is 0.414 e. The number of amides is 3. The van der Waals surface area contributed by atoms with E-state index in [9.17, 15) is 14.4 Å². The van der Waals surface area contributed by atoms with E-state index in [-0.39, 0.29) is 16.7 Å². The third-order valence-corrected chi connectivity index (χ3v) is 5.76. The van der Waals surface area contributed by atoms with Gasteiger partial charge in [0.1, 0.15) is 16.6 Å². The Hall–Kier alpha value is -2.89. The Bertz CT molecular complexity index is 1010. The first-order valence-corrected chi connectivity index (χ1v) is 9.99. The molecule has 1 aliphatic rings. The number of anilines is 1. The summed E-state index contributed by atoms with van der Waals surface area (Å²) in [6.45, 7) is 0.841. The monoisotopic (exact) mass is 418 g/mol. The molecule has 3 aromatic rings. The van der Waals surface area contributed by atoms with Gasteiger partial charge in [-0.25, -0.2) is 9.78 Å². The van der Waals surface area contributed by atoms with E-state index >= 15 is 0 Å². The molecule has 0 saturated carbocycles. The number of fused-ring (bicyclic) bond motifs is 1. The number of imide groups is 1. The van der Waals surface area contributed by atoms with Crippen LogP contribution in [0.15, 0.2) is 29.9 Å². The van der Waals surface area contributed by atoms with Crippen LogP contribution in [0, 0.1) is 0 Å². The summed E-state index contributed by atoms with van der Waals surface area (Å²) in [4.78, 5) is 44.9. The van der Waals surface area contributed by atoms with E-state index in [0.717, 1.165) is 4.70 Å². The van der Waals surface area contributed by atoms with Gasteiger partial charge in [0.2, 0.25) is 0 Å². The van der Waals surface area contributed by atoms with Crippen LogP contribution in [-0.4, -0.2) is 47.2 Å². The summed E-state index contributed by atoms with van der Waals surface area (Å²) in [6.07, 6.45) is 2.60. The maximum atomic E-state index is 12.5. The number of hydrogen-bond donors (Lipinski definition) is 2. The molecule has 1 atom stereocenters. The number of rotatable bonds is 4. The van der Waals surface area contributed by atoms with Gasteiger partial charge in [0, 0.05) is 12.6 Å². The van der Waals surface area contributed by atoms with Crippen molar-refractivity contribution < 1.29 is 23.9 Å². The summed E-state index contributed by atoms with van der Waals surface area (Å²) in [5.74, 6) is -1.10. The quantitative estimate of drug-likeness (QED) is 0.668. The van der Waals surface area contributed by atoms with Crippen LogP contribution in [0.2, 0.25) is 0 Å². The van der Waals surface area contributed by atoms with E-state index in [0.29, 0.717) is 30.2 Å². The molecule has 144 valence electrons. The first-order valence-electron chi connectivity index (χ1n) is 8.29. The third kappa shape index (κ3) is 4.01. The molecule has 1 aliphatic heterocycles. The number of pyridine rings is 1. The molecule has 3 amide bonds. The van der Waals surface area contributed by atoms with E-state index in [1.54, 1.807) is 23.8 Å². The molecular weight excluding hydrogens is 404 g/mol. The molecule has 9 nitrogen and oxygen atoms in total. The summed E-state index contributed by atoms with van der Waals surface area (Å²) in [5, 5.41) is 7.04. The number of alkyl carbamates (subject to hydrolysis) is 1. The topological polar surface area (TPSA) is 120 Å². The van der Waals surface area contributed by atoms with Crippen molar-refractivity contribution in [1.29, 1.82) is 0 Å². The highest BCUT2D eigenvalue weighted by Gasteiger charge is 2.23. The zero-order valence-electron chi connectivity index (χ0n) is 14.3. The molecule has 4 rings (SSSR count). The van der Waals surface area contributed by atoms with Crippen molar-refractivity contribution in [2.75, 3.05) is 18.5 Å². The van der Waals surface area contributed by atoms with Crippen molar-refractivity contribution in [3.8, 4) is 0 Å². The molecule has 11 heteroatoms. The van der Waals surface area contributed by atoms with Crippen molar-refractivity contribution in [2.24, 2.45) is 0 Å². The maximum absolute atomic E-state index is 12.5. The van der Waals surface area contributed by atoms with Crippen LogP contribution in [0.4, 0.5) is 9.80 Å². The van der Waals surface area contributed by atoms with Crippen LogP contribution < -0.4 is 10.6 Å². The lowest BCUT2D eigenvalue weighted by Gasteiger charge is -2.10. The summed E-state index contributed by atoms with van der Waals surface area (Å²) in [6, 6.07) is 3.29. The van der Waals surface area contributed by atoms with E-state index < -0.39 is 17.9 Å². The van der Waals surface area contributed by atoms with Crippen molar-refractivity contribution in [2.45, 2.75) is 12.5 Å².